The Kier molecular flexibility index (Phi) is 5.24. The van der Waals surface area contributed by atoms with Gasteiger partial charge in [0.15, 0.2) is 12.4 Å². The topological polar surface area (TPSA) is 66.8 Å². The van der Waals surface area contributed by atoms with E-state index in [9.17, 15) is 5.21 Å². The Balaban J connectivity index is 2.69. The second-order valence-electron chi connectivity index (χ2n) is 4.42. The first kappa shape index (κ1) is 16.8. The van der Waals surface area contributed by atoms with Crippen molar-refractivity contribution in [2.24, 2.45) is 0 Å². The number of nitrogens with zero attached hydrogens (tertiary/aromatic N) is 2. The summed E-state index contributed by atoms with van der Waals surface area (Å²) in [5.74, 6) is 0. The van der Waals surface area contributed by atoms with Crippen LogP contribution in [0.5, 0.6) is 0 Å². The van der Waals surface area contributed by atoms with Gasteiger partial charge in [-0.3, -0.25) is 0 Å². The molecule has 9 heteroatoms. The number of hydrogen-bond acceptors (Lipinski definition) is 4. The normalized spacial score (nSPS) is 21.4. The van der Waals surface area contributed by atoms with Crippen LogP contribution in [0.15, 0.2) is 8.95 Å². The van der Waals surface area contributed by atoms with E-state index < -0.39 is 4.65 Å². The first-order valence-corrected chi connectivity index (χ1v) is 8.13. The molecule has 1 unspecified atom stereocenters. The van der Waals surface area contributed by atoms with Crippen LogP contribution >= 0.6 is 55.1 Å². The molecule has 1 aromatic carbocycles. The molecule has 1 aromatic rings. The molecule has 1 heterocycles. The maximum atomic E-state index is 12.9. The summed E-state index contributed by atoms with van der Waals surface area (Å²) in [6, 6.07) is 0. The lowest BCUT2D eigenvalue weighted by atomic mass is 10.2. The Morgan fingerprint density at radius 1 is 1.15 bits per heavy atom. The van der Waals surface area contributed by atoms with Gasteiger partial charge in [-0.1, -0.05) is 23.2 Å². The van der Waals surface area contributed by atoms with Crippen LogP contribution in [-0.4, -0.2) is 43.2 Å². The lowest BCUT2D eigenvalue weighted by Gasteiger charge is -2.38. The summed E-state index contributed by atoms with van der Waals surface area (Å²) in [5.41, 5.74) is 0.818. The minimum absolute atomic E-state index is 0.0287. The Morgan fingerprint density at radius 2 is 1.75 bits per heavy atom. The number of aliphatic hydroxyl groups excluding tert-OH is 2. The van der Waals surface area contributed by atoms with Crippen molar-refractivity contribution in [3.63, 3.8) is 0 Å². The molecular weight excluding hydrogens is 439 g/mol. The molecule has 112 valence electrons. The van der Waals surface area contributed by atoms with Crippen molar-refractivity contribution < 1.29 is 10.2 Å². The first-order valence-electron chi connectivity index (χ1n) is 5.78. The zero-order valence-electron chi connectivity index (χ0n) is 10.2. The average molecular weight is 451 g/mol. The molecular formula is C11H12Br2Cl2N2O3. The third-order valence-corrected chi connectivity index (χ3v) is 6.48. The van der Waals surface area contributed by atoms with Crippen LogP contribution in [0.1, 0.15) is 0 Å². The van der Waals surface area contributed by atoms with Crippen molar-refractivity contribution >= 4 is 66.4 Å². The third-order valence-electron chi connectivity index (χ3n) is 3.17. The van der Waals surface area contributed by atoms with Gasteiger partial charge in [0.1, 0.15) is 17.3 Å². The number of quaternary nitrogens is 1. The molecule has 1 aliphatic rings. The van der Waals surface area contributed by atoms with E-state index in [2.05, 4.69) is 31.9 Å². The fourth-order valence-corrected chi connectivity index (χ4v) is 3.98. The Labute approximate surface area is 143 Å². The van der Waals surface area contributed by atoms with Crippen LogP contribution in [0.3, 0.4) is 0 Å². The molecule has 0 radical (unpaired) electrons. The molecule has 0 saturated heterocycles. The summed E-state index contributed by atoms with van der Waals surface area (Å²) in [7, 11) is 0. The van der Waals surface area contributed by atoms with Crippen molar-refractivity contribution in [1.82, 2.24) is 4.65 Å². The monoisotopic (exact) mass is 448 g/mol. The second-order valence-corrected chi connectivity index (χ2v) is 6.76. The van der Waals surface area contributed by atoms with Gasteiger partial charge in [0.05, 0.1) is 27.2 Å². The maximum Gasteiger partial charge on any atom is 0.179 e. The summed E-state index contributed by atoms with van der Waals surface area (Å²) in [6.07, 6.45) is 0. The van der Waals surface area contributed by atoms with Crippen molar-refractivity contribution in [3.05, 3.63) is 24.2 Å². The Morgan fingerprint density at radius 3 is 2.30 bits per heavy atom. The summed E-state index contributed by atoms with van der Waals surface area (Å²) in [6.45, 7) is -0.0830. The maximum absolute atomic E-state index is 12.9. The highest BCUT2D eigenvalue weighted by Gasteiger charge is 2.41. The minimum atomic E-state index is -0.795. The highest BCUT2D eigenvalue weighted by Crippen LogP contribution is 2.55. The number of hydroxylamine groups is 2. The highest BCUT2D eigenvalue weighted by atomic mass is 79.9. The zero-order valence-corrected chi connectivity index (χ0v) is 14.9. The fourth-order valence-electron chi connectivity index (χ4n) is 2.33. The van der Waals surface area contributed by atoms with Crippen LogP contribution in [0.25, 0.3) is 0 Å². The molecule has 2 N–H and O–H groups in total. The van der Waals surface area contributed by atoms with Gasteiger partial charge in [-0.15, -0.1) is 0 Å². The van der Waals surface area contributed by atoms with Crippen LogP contribution in [-0.2, 0) is 0 Å². The van der Waals surface area contributed by atoms with Gasteiger partial charge >= 0.3 is 0 Å². The van der Waals surface area contributed by atoms with Crippen molar-refractivity contribution in [3.8, 4) is 0 Å². The number of β-amino-alcohol motifs (C(OH)–C–C–N with tert-alkyl or cyclic N) is 1. The third kappa shape index (κ3) is 2.59. The molecule has 0 aliphatic carbocycles. The lowest BCUT2D eigenvalue weighted by Crippen LogP contribution is -2.48. The van der Waals surface area contributed by atoms with E-state index in [4.69, 9.17) is 33.4 Å². The van der Waals surface area contributed by atoms with E-state index in [1.807, 2.05) is 0 Å². The fraction of sp³-hybridized carbons (Fsp3) is 0.455. The number of aliphatic hydroxyl groups is 2. The molecule has 20 heavy (non-hydrogen) atoms. The van der Waals surface area contributed by atoms with Gasteiger partial charge in [0.25, 0.3) is 0 Å². The molecule has 5 nitrogen and oxygen atoms in total. The minimum Gasteiger partial charge on any atom is -0.626 e. The molecule has 1 atom stereocenters. The number of rotatable bonds is 4. The van der Waals surface area contributed by atoms with Crippen LogP contribution in [0, 0.1) is 5.21 Å². The zero-order chi connectivity index (χ0) is 15.1. The van der Waals surface area contributed by atoms with E-state index in [1.54, 1.807) is 4.90 Å². The number of fused-ring (bicyclic) bond motifs is 1. The van der Waals surface area contributed by atoms with Crippen LogP contribution < -0.4 is 9.55 Å². The summed E-state index contributed by atoms with van der Waals surface area (Å²) >= 11 is 19.2. The van der Waals surface area contributed by atoms with Crippen molar-refractivity contribution in [1.29, 1.82) is 0 Å². The number of hydrogen-bond donors (Lipinski definition) is 2. The number of benzene rings is 1. The van der Waals surface area contributed by atoms with E-state index in [0.29, 0.717) is 25.3 Å². The van der Waals surface area contributed by atoms with Gasteiger partial charge in [0.2, 0.25) is 0 Å². The molecule has 1 aliphatic heterocycles. The van der Waals surface area contributed by atoms with E-state index in [-0.39, 0.29) is 38.0 Å². The van der Waals surface area contributed by atoms with E-state index >= 15 is 0 Å². The highest BCUT2D eigenvalue weighted by molar-refractivity contribution is 9.13. The van der Waals surface area contributed by atoms with Crippen molar-refractivity contribution in [2.45, 2.75) is 0 Å². The average Bonchev–Trinajstić information content (AvgIpc) is 2.67. The summed E-state index contributed by atoms with van der Waals surface area (Å²) in [5, 5.41) is 31.8. The standard InChI is InChI=1S/C11H12Br2Cl2N2O3/c12-6-7(13)9(15)11-10(8(6)14)16(1-3-18)5-17(11,20)2-4-19/h18-19H,1-5H2. The predicted octanol–water partition coefficient (Wildman–Crippen LogP) is 3.09. The Bertz CT molecular complexity index is 547. The lowest BCUT2D eigenvalue weighted by molar-refractivity contribution is 0.240. The van der Waals surface area contributed by atoms with Crippen LogP contribution in [0.2, 0.25) is 10.0 Å². The van der Waals surface area contributed by atoms with Gasteiger partial charge in [-0.2, -0.15) is 0 Å². The molecule has 0 amide bonds. The molecule has 0 bridgehead atoms. The van der Waals surface area contributed by atoms with Crippen LogP contribution in [0.4, 0.5) is 11.4 Å². The summed E-state index contributed by atoms with van der Waals surface area (Å²) in [4.78, 5) is 1.68. The van der Waals surface area contributed by atoms with Gasteiger partial charge in [-0.05, 0) is 31.9 Å². The predicted molar refractivity (Wildman–Crippen MR) is 88.3 cm³/mol. The quantitative estimate of drug-likeness (QED) is 0.320. The molecule has 2 rings (SSSR count). The van der Waals surface area contributed by atoms with Crippen molar-refractivity contribution in [2.75, 3.05) is 37.9 Å². The largest absolute Gasteiger partial charge is 0.626 e. The van der Waals surface area contributed by atoms with Gasteiger partial charge in [0, 0.05) is 6.54 Å². The number of anilines is 1. The Hall–Kier alpha value is 0.400. The van der Waals surface area contributed by atoms with E-state index in [1.165, 1.54) is 0 Å². The van der Waals surface area contributed by atoms with E-state index in [0.717, 1.165) is 0 Å². The van der Waals surface area contributed by atoms with Gasteiger partial charge < -0.3 is 25.0 Å². The summed E-state index contributed by atoms with van der Waals surface area (Å²) < 4.78 is 0.268. The first-order chi connectivity index (χ1) is 9.37. The van der Waals surface area contributed by atoms with Gasteiger partial charge in [-0.25, -0.2) is 0 Å². The second kappa shape index (κ2) is 6.26. The molecule has 0 saturated carbocycles. The number of halogens is 4. The smallest absolute Gasteiger partial charge is 0.179 e. The molecule has 0 aromatic heterocycles. The molecule has 0 spiro atoms. The SMILES string of the molecule is [O-][N+]1(CCO)CN(CCO)c2c(Cl)c(Br)c(Br)c(Cl)c21. The molecule has 0 fully saturated rings.